The summed E-state index contributed by atoms with van der Waals surface area (Å²) in [7, 11) is 0. The van der Waals surface area contributed by atoms with Gasteiger partial charge in [0, 0.05) is 5.56 Å². The van der Waals surface area contributed by atoms with Crippen LogP contribution in [-0.4, -0.2) is 38.7 Å². The van der Waals surface area contributed by atoms with Gasteiger partial charge in [0.1, 0.15) is 23.9 Å². The highest BCUT2D eigenvalue weighted by atomic mass is 35.5. The number of nitrogens with zero attached hydrogens (tertiary/aromatic N) is 2. The zero-order valence-corrected chi connectivity index (χ0v) is 15.3. The number of aromatic nitrogens is 4. The van der Waals surface area contributed by atoms with Gasteiger partial charge in [0.2, 0.25) is 5.95 Å². The van der Waals surface area contributed by atoms with Crippen LogP contribution in [0.1, 0.15) is 0 Å². The molecule has 0 radical (unpaired) electrons. The molecule has 0 atom stereocenters. The summed E-state index contributed by atoms with van der Waals surface area (Å²) in [6.07, 6.45) is -0.726. The Hall–Kier alpha value is -3.53. The standard InChI is InChI=1S/C18H12ClF2N5O3/c19-5-6-29-18(28)24-17-22-11-4-1-8(7-12(11)23-17)15-13-9(20)2-3-10(21)14(13)16(27)26-25-15/h1-4,7H,5-6H2,(H,26,27)(H2,22,23,24,28). The first-order chi connectivity index (χ1) is 14.0. The Kier molecular flexibility index (Phi) is 4.85. The summed E-state index contributed by atoms with van der Waals surface area (Å²) >= 11 is 5.45. The van der Waals surface area contributed by atoms with Crippen molar-refractivity contribution >= 4 is 45.4 Å². The molecule has 0 bridgehead atoms. The van der Waals surface area contributed by atoms with Crippen LogP contribution in [-0.2, 0) is 4.74 Å². The normalized spacial score (nSPS) is 11.1. The SMILES string of the molecule is O=C(Nc1nc2ccc(-c3n[nH]c(=O)c4c(F)ccc(F)c34)cc2[nH]1)OCCCl. The minimum atomic E-state index is -0.851. The molecule has 0 aliphatic heterocycles. The molecule has 0 aliphatic rings. The first-order valence-electron chi connectivity index (χ1n) is 8.34. The molecule has 0 saturated heterocycles. The van der Waals surface area contributed by atoms with Gasteiger partial charge >= 0.3 is 6.09 Å². The van der Waals surface area contributed by atoms with E-state index in [-0.39, 0.29) is 29.5 Å². The fourth-order valence-corrected chi connectivity index (χ4v) is 2.99. The Morgan fingerprint density at radius 1 is 1.17 bits per heavy atom. The molecule has 8 nitrogen and oxygen atoms in total. The Bertz CT molecular complexity index is 1300. The number of hydrogen-bond acceptors (Lipinski definition) is 5. The molecule has 0 aliphatic carbocycles. The Labute approximate surface area is 165 Å². The summed E-state index contributed by atoms with van der Waals surface area (Å²) < 4.78 is 33.3. The molecular formula is C18H12ClF2N5O3. The number of benzene rings is 2. The summed E-state index contributed by atoms with van der Waals surface area (Å²) in [6, 6.07) is 6.60. The van der Waals surface area contributed by atoms with Crippen LogP contribution in [0.25, 0.3) is 33.1 Å². The second kappa shape index (κ2) is 7.47. The monoisotopic (exact) mass is 419 g/mol. The van der Waals surface area contributed by atoms with Gasteiger partial charge in [-0.2, -0.15) is 5.10 Å². The number of carbonyl (C=O) groups is 1. The summed E-state index contributed by atoms with van der Waals surface area (Å²) in [4.78, 5) is 30.6. The van der Waals surface area contributed by atoms with Crippen molar-refractivity contribution in [2.75, 3.05) is 17.8 Å². The average Bonchev–Trinajstić information content (AvgIpc) is 3.10. The number of nitrogens with one attached hydrogen (secondary N) is 3. The van der Waals surface area contributed by atoms with E-state index in [2.05, 4.69) is 25.5 Å². The third kappa shape index (κ3) is 3.49. The molecule has 0 unspecified atom stereocenters. The van der Waals surface area contributed by atoms with Gasteiger partial charge in [0.25, 0.3) is 5.56 Å². The topological polar surface area (TPSA) is 113 Å². The maximum absolute atomic E-state index is 14.4. The van der Waals surface area contributed by atoms with E-state index in [4.69, 9.17) is 16.3 Å². The van der Waals surface area contributed by atoms with E-state index in [0.29, 0.717) is 16.6 Å². The van der Waals surface area contributed by atoms with E-state index in [1.54, 1.807) is 18.2 Å². The van der Waals surface area contributed by atoms with Crippen LogP contribution in [0.4, 0.5) is 19.5 Å². The van der Waals surface area contributed by atoms with E-state index in [1.807, 2.05) is 0 Å². The van der Waals surface area contributed by atoms with E-state index >= 15 is 0 Å². The number of fused-ring (bicyclic) bond motifs is 2. The van der Waals surface area contributed by atoms with Gasteiger partial charge in [0.05, 0.1) is 27.7 Å². The lowest BCUT2D eigenvalue weighted by Crippen LogP contribution is -2.15. The summed E-state index contributed by atoms with van der Waals surface area (Å²) in [5.41, 5.74) is 0.632. The zero-order chi connectivity index (χ0) is 20.5. The largest absolute Gasteiger partial charge is 0.448 e. The lowest BCUT2D eigenvalue weighted by atomic mass is 10.0. The highest BCUT2D eigenvalue weighted by molar-refractivity contribution is 6.18. The summed E-state index contributed by atoms with van der Waals surface area (Å²) in [5, 5.41) is 7.86. The predicted molar refractivity (Wildman–Crippen MR) is 103 cm³/mol. The smallest absolute Gasteiger partial charge is 0.414 e. The molecule has 2 aromatic carbocycles. The molecule has 4 rings (SSSR count). The zero-order valence-electron chi connectivity index (χ0n) is 14.6. The number of rotatable bonds is 4. The fourth-order valence-electron chi connectivity index (χ4n) is 2.91. The number of H-pyrrole nitrogens is 2. The van der Waals surface area contributed by atoms with Crippen LogP contribution >= 0.6 is 11.6 Å². The van der Waals surface area contributed by atoms with E-state index in [1.165, 1.54) is 0 Å². The van der Waals surface area contributed by atoms with Crippen molar-refractivity contribution in [1.29, 1.82) is 0 Å². The third-order valence-electron chi connectivity index (χ3n) is 4.12. The number of hydrogen-bond donors (Lipinski definition) is 3. The van der Waals surface area contributed by atoms with E-state index in [0.717, 1.165) is 12.1 Å². The number of alkyl halides is 1. The molecule has 0 fully saturated rings. The summed E-state index contributed by atoms with van der Waals surface area (Å²) in [5.74, 6) is -1.33. The molecule has 0 saturated carbocycles. The molecule has 11 heteroatoms. The van der Waals surface area contributed by atoms with Gasteiger partial charge in [0.15, 0.2) is 0 Å². The number of aromatic amines is 2. The second-order valence-electron chi connectivity index (χ2n) is 5.95. The van der Waals surface area contributed by atoms with Gasteiger partial charge in [-0.3, -0.25) is 10.1 Å². The van der Waals surface area contributed by atoms with Crippen molar-refractivity contribution < 1.29 is 18.3 Å². The lowest BCUT2D eigenvalue weighted by molar-refractivity contribution is 0.168. The van der Waals surface area contributed by atoms with Gasteiger partial charge in [-0.15, -0.1) is 11.6 Å². The third-order valence-corrected chi connectivity index (χ3v) is 4.28. The highest BCUT2D eigenvalue weighted by Gasteiger charge is 2.17. The molecule has 29 heavy (non-hydrogen) atoms. The number of amides is 1. The molecule has 4 aromatic rings. The Morgan fingerprint density at radius 2 is 1.93 bits per heavy atom. The fraction of sp³-hybridized carbons (Fsp3) is 0.111. The van der Waals surface area contributed by atoms with Gasteiger partial charge < -0.3 is 9.72 Å². The van der Waals surface area contributed by atoms with Crippen molar-refractivity contribution in [3.05, 3.63) is 52.3 Å². The van der Waals surface area contributed by atoms with Gasteiger partial charge in [-0.05, 0) is 24.3 Å². The number of ether oxygens (including phenoxy) is 1. The van der Waals surface area contributed by atoms with Crippen LogP contribution in [0.5, 0.6) is 0 Å². The van der Waals surface area contributed by atoms with E-state index in [9.17, 15) is 18.4 Å². The van der Waals surface area contributed by atoms with Crippen molar-refractivity contribution in [1.82, 2.24) is 20.2 Å². The van der Waals surface area contributed by atoms with Crippen LogP contribution in [0, 0.1) is 11.6 Å². The highest BCUT2D eigenvalue weighted by Crippen LogP contribution is 2.30. The van der Waals surface area contributed by atoms with E-state index < -0.39 is 28.7 Å². The van der Waals surface area contributed by atoms with Crippen molar-refractivity contribution in [2.24, 2.45) is 0 Å². The van der Waals surface area contributed by atoms with Crippen LogP contribution in [0.2, 0.25) is 0 Å². The molecule has 3 N–H and O–H groups in total. The maximum atomic E-state index is 14.4. The van der Waals surface area contributed by atoms with Crippen LogP contribution < -0.4 is 10.9 Å². The number of carbonyl (C=O) groups excluding carboxylic acids is 1. The lowest BCUT2D eigenvalue weighted by Gasteiger charge is -2.07. The maximum Gasteiger partial charge on any atom is 0.414 e. The minimum absolute atomic E-state index is 0.0465. The Morgan fingerprint density at radius 3 is 2.69 bits per heavy atom. The summed E-state index contributed by atoms with van der Waals surface area (Å²) in [6.45, 7) is 0.0465. The minimum Gasteiger partial charge on any atom is -0.448 e. The predicted octanol–water partition coefficient (Wildman–Crippen LogP) is 3.53. The van der Waals surface area contributed by atoms with Crippen molar-refractivity contribution in [3.8, 4) is 11.3 Å². The first-order valence-corrected chi connectivity index (χ1v) is 8.87. The first kappa shape index (κ1) is 18.8. The Balaban J connectivity index is 1.78. The molecule has 2 heterocycles. The molecule has 2 aromatic heterocycles. The quantitative estimate of drug-likeness (QED) is 0.438. The van der Waals surface area contributed by atoms with Crippen LogP contribution in [0.3, 0.4) is 0 Å². The van der Waals surface area contributed by atoms with Crippen molar-refractivity contribution in [2.45, 2.75) is 0 Å². The number of imidazole rings is 1. The number of halogens is 3. The molecule has 0 spiro atoms. The molecule has 148 valence electrons. The number of anilines is 1. The van der Waals surface area contributed by atoms with Gasteiger partial charge in [-0.1, -0.05) is 6.07 Å². The van der Waals surface area contributed by atoms with Crippen LogP contribution in [0.15, 0.2) is 35.1 Å². The molecular weight excluding hydrogens is 408 g/mol. The van der Waals surface area contributed by atoms with Gasteiger partial charge in [-0.25, -0.2) is 23.7 Å². The second-order valence-corrected chi connectivity index (χ2v) is 6.33. The molecule has 1 amide bonds. The average molecular weight is 420 g/mol. The van der Waals surface area contributed by atoms with Crippen molar-refractivity contribution in [3.63, 3.8) is 0 Å².